The Bertz CT molecular complexity index is 1050. The molecule has 0 aliphatic carbocycles. The molecule has 144 valence electrons. The number of amides is 2. The minimum atomic E-state index is -0.353. The fourth-order valence-electron chi connectivity index (χ4n) is 3.71. The quantitative estimate of drug-likeness (QED) is 0.753. The third kappa shape index (κ3) is 3.06. The van der Waals surface area contributed by atoms with Gasteiger partial charge in [-0.05, 0) is 37.1 Å². The smallest absolute Gasteiger partial charge is 0.276 e. The summed E-state index contributed by atoms with van der Waals surface area (Å²) in [6.07, 6.45) is 5.20. The van der Waals surface area contributed by atoms with Gasteiger partial charge in [0.2, 0.25) is 11.8 Å². The minimum Gasteiger partial charge on any atom is -0.480 e. The van der Waals surface area contributed by atoms with Crippen LogP contribution >= 0.6 is 0 Å². The van der Waals surface area contributed by atoms with Crippen LogP contribution in [0.25, 0.3) is 5.52 Å². The lowest BCUT2D eigenvalue weighted by Gasteiger charge is -2.22. The van der Waals surface area contributed by atoms with Crippen molar-refractivity contribution in [2.24, 2.45) is 0 Å². The Morgan fingerprint density at radius 3 is 2.89 bits per heavy atom. The first-order valence-corrected chi connectivity index (χ1v) is 9.14. The zero-order chi connectivity index (χ0) is 19.7. The number of aromatic nitrogens is 3. The van der Waals surface area contributed by atoms with Gasteiger partial charge in [0.15, 0.2) is 5.69 Å². The maximum Gasteiger partial charge on any atom is 0.276 e. The van der Waals surface area contributed by atoms with Gasteiger partial charge in [0.1, 0.15) is 11.5 Å². The van der Waals surface area contributed by atoms with Crippen LogP contribution in [0.2, 0.25) is 0 Å². The number of imidazole rings is 1. The van der Waals surface area contributed by atoms with Crippen molar-refractivity contribution in [2.45, 2.75) is 25.8 Å². The lowest BCUT2D eigenvalue weighted by molar-refractivity contribution is -0.129. The number of carbonyl (C=O) groups excluding carboxylic acids is 2. The number of hydrogen-bond donors (Lipinski definition) is 1. The van der Waals surface area contributed by atoms with Gasteiger partial charge in [-0.1, -0.05) is 6.07 Å². The Hall–Kier alpha value is -3.42. The molecule has 2 amide bonds. The molecule has 4 heterocycles. The zero-order valence-electron chi connectivity index (χ0n) is 15.8. The first-order chi connectivity index (χ1) is 13.6. The van der Waals surface area contributed by atoms with E-state index in [2.05, 4.69) is 15.3 Å². The molecule has 1 unspecified atom stereocenters. The van der Waals surface area contributed by atoms with Crippen molar-refractivity contribution < 1.29 is 14.3 Å². The molecule has 0 radical (unpaired) electrons. The van der Waals surface area contributed by atoms with Gasteiger partial charge >= 0.3 is 0 Å². The third-order valence-corrected chi connectivity index (χ3v) is 4.96. The number of fused-ring (bicyclic) bond motifs is 1. The van der Waals surface area contributed by atoms with Gasteiger partial charge in [-0.2, -0.15) is 0 Å². The second-order valence-corrected chi connectivity index (χ2v) is 6.66. The van der Waals surface area contributed by atoms with Crippen molar-refractivity contribution in [3.63, 3.8) is 0 Å². The molecule has 3 aromatic rings. The summed E-state index contributed by atoms with van der Waals surface area (Å²) >= 11 is 0. The molecule has 8 heteroatoms. The summed E-state index contributed by atoms with van der Waals surface area (Å²) < 4.78 is 7.09. The Morgan fingerprint density at radius 1 is 1.25 bits per heavy atom. The van der Waals surface area contributed by atoms with Crippen LogP contribution in [0.3, 0.4) is 0 Å². The van der Waals surface area contributed by atoms with Crippen LogP contribution in [0.15, 0.2) is 42.7 Å². The molecular formula is C20H21N5O3. The van der Waals surface area contributed by atoms with E-state index >= 15 is 0 Å². The van der Waals surface area contributed by atoms with Crippen LogP contribution in [-0.4, -0.2) is 44.7 Å². The second-order valence-electron chi connectivity index (χ2n) is 6.66. The highest BCUT2D eigenvalue weighted by atomic mass is 16.5. The molecule has 1 aliphatic heterocycles. The van der Waals surface area contributed by atoms with Crippen molar-refractivity contribution in [3.8, 4) is 5.88 Å². The van der Waals surface area contributed by atoms with Gasteiger partial charge in [0.25, 0.3) is 5.91 Å². The Morgan fingerprint density at radius 2 is 2.11 bits per heavy atom. The lowest BCUT2D eigenvalue weighted by Crippen LogP contribution is -2.29. The molecule has 1 saturated heterocycles. The molecule has 0 spiro atoms. The van der Waals surface area contributed by atoms with E-state index in [1.165, 1.54) is 7.11 Å². The summed E-state index contributed by atoms with van der Waals surface area (Å²) in [6.45, 7) is 2.27. The molecule has 4 rings (SSSR count). The predicted octanol–water partition coefficient (Wildman–Crippen LogP) is 2.67. The number of methoxy groups -OCH3 is 1. The van der Waals surface area contributed by atoms with Crippen LogP contribution in [-0.2, 0) is 4.79 Å². The summed E-state index contributed by atoms with van der Waals surface area (Å²) in [5.41, 5.74) is 1.46. The number of nitrogens with one attached hydrogen (secondary N) is 1. The van der Waals surface area contributed by atoms with Crippen LogP contribution < -0.4 is 10.1 Å². The van der Waals surface area contributed by atoms with E-state index in [-0.39, 0.29) is 17.9 Å². The molecule has 1 atom stereocenters. The molecule has 28 heavy (non-hydrogen) atoms. The molecule has 1 aliphatic rings. The lowest BCUT2D eigenvalue weighted by atomic mass is 10.2. The Labute approximate surface area is 162 Å². The number of likely N-dealkylation sites (tertiary alicyclic amines) is 1. The molecule has 0 saturated carbocycles. The summed E-state index contributed by atoms with van der Waals surface area (Å²) in [6, 6.07) is 8.90. The normalized spacial score (nSPS) is 16.4. The number of ether oxygens (including phenoxy) is 1. The molecular weight excluding hydrogens is 358 g/mol. The van der Waals surface area contributed by atoms with Crippen molar-refractivity contribution in [1.29, 1.82) is 0 Å². The van der Waals surface area contributed by atoms with Gasteiger partial charge in [-0.25, -0.2) is 9.97 Å². The van der Waals surface area contributed by atoms with Crippen molar-refractivity contribution in [2.75, 3.05) is 19.0 Å². The molecule has 1 N–H and O–H groups in total. The first kappa shape index (κ1) is 18.0. The van der Waals surface area contributed by atoms with Crippen LogP contribution in [0.5, 0.6) is 5.88 Å². The van der Waals surface area contributed by atoms with Gasteiger partial charge in [0, 0.05) is 25.9 Å². The Balaban J connectivity index is 1.74. The molecule has 8 nitrogen and oxygen atoms in total. The second kappa shape index (κ2) is 7.30. The van der Waals surface area contributed by atoms with Gasteiger partial charge in [-0.3, -0.25) is 9.59 Å². The SMILES string of the molecule is COc1ncccc1NC(=O)c1nc(C2CCCN2C(C)=O)n2ccccc12. The summed E-state index contributed by atoms with van der Waals surface area (Å²) in [4.78, 5) is 35.6. The highest BCUT2D eigenvalue weighted by molar-refractivity contribution is 6.08. The largest absolute Gasteiger partial charge is 0.480 e. The van der Waals surface area contributed by atoms with Crippen LogP contribution in [0.4, 0.5) is 5.69 Å². The van der Waals surface area contributed by atoms with E-state index < -0.39 is 0 Å². The van der Waals surface area contributed by atoms with Gasteiger partial charge in [-0.15, -0.1) is 0 Å². The fourth-order valence-corrected chi connectivity index (χ4v) is 3.71. The van der Waals surface area contributed by atoms with E-state index in [1.54, 1.807) is 25.3 Å². The van der Waals surface area contributed by atoms with Gasteiger partial charge in [0.05, 0.1) is 18.7 Å². The molecule has 3 aromatic heterocycles. The summed E-state index contributed by atoms with van der Waals surface area (Å²) in [7, 11) is 1.50. The molecule has 0 aromatic carbocycles. The highest BCUT2D eigenvalue weighted by Gasteiger charge is 2.32. The highest BCUT2D eigenvalue weighted by Crippen LogP contribution is 2.33. The van der Waals surface area contributed by atoms with E-state index in [1.807, 2.05) is 33.7 Å². The summed E-state index contributed by atoms with van der Waals surface area (Å²) in [5.74, 6) is 0.694. The number of rotatable bonds is 4. The maximum absolute atomic E-state index is 13.0. The van der Waals surface area contributed by atoms with Crippen LogP contribution in [0.1, 0.15) is 42.1 Å². The topological polar surface area (TPSA) is 88.8 Å². The fraction of sp³-hybridized carbons (Fsp3) is 0.300. The van der Waals surface area contributed by atoms with Crippen molar-refractivity contribution in [3.05, 3.63) is 54.2 Å². The molecule has 1 fully saturated rings. The average Bonchev–Trinajstić information content (AvgIpc) is 3.33. The third-order valence-electron chi connectivity index (χ3n) is 4.96. The predicted molar refractivity (Wildman–Crippen MR) is 103 cm³/mol. The monoisotopic (exact) mass is 379 g/mol. The maximum atomic E-state index is 13.0. The van der Waals surface area contributed by atoms with Crippen molar-refractivity contribution >= 4 is 23.0 Å². The molecule has 0 bridgehead atoms. The minimum absolute atomic E-state index is 0.0151. The number of pyridine rings is 2. The number of hydrogen-bond acceptors (Lipinski definition) is 5. The standard InChI is InChI=1S/C20H21N5O3/c1-13(26)24-12-6-9-16(24)18-23-17(15-8-3-4-11-25(15)18)19(27)22-14-7-5-10-21-20(14)28-2/h3-5,7-8,10-11,16H,6,9,12H2,1-2H3,(H,22,27). The number of carbonyl (C=O) groups is 2. The van der Waals surface area contributed by atoms with Crippen molar-refractivity contribution in [1.82, 2.24) is 19.3 Å². The van der Waals surface area contributed by atoms with Gasteiger partial charge < -0.3 is 19.4 Å². The van der Waals surface area contributed by atoms with E-state index in [9.17, 15) is 9.59 Å². The number of nitrogens with zero attached hydrogens (tertiary/aromatic N) is 4. The first-order valence-electron chi connectivity index (χ1n) is 9.14. The van der Waals surface area contributed by atoms with E-state index in [0.717, 1.165) is 12.8 Å². The van der Waals surface area contributed by atoms with E-state index in [0.29, 0.717) is 35.1 Å². The van der Waals surface area contributed by atoms with Crippen LogP contribution in [0, 0.1) is 0 Å². The zero-order valence-corrected chi connectivity index (χ0v) is 15.8. The Kier molecular flexibility index (Phi) is 4.68. The number of anilines is 1. The van der Waals surface area contributed by atoms with E-state index in [4.69, 9.17) is 4.74 Å². The average molecular weight is 379 g/mol. The summed E-state index contributed by atoms with van der Waals surface area (Å²) in [5, 5.41) is 2.82.